The fraction of sp³-hybridized carbons (Fsp3) is 1.00. The lowest BCUT2D eigenvalue weighted by molar-refractivity contribution is -0.870. The number of hydrogen-bond acceptors (Lipinski definition) is 2. The number of halogens is 9. The van der Waals surface area contributed by atoms with E-state index in [2.05, 4.69) is 0 Å². The van der Waals surface area contributed by atoms with Gasteiger partial charge < -0.3 is 4.48 Å². The molecule has 0 aliphatic rings. The number of hydrogen-bond donors (Lipinski definition) is 0. The van der Waals surface area contributed by atoms with Gasteiger partial charge in [-0.2, -0.15) is 26.3 Å². The van der Waals surface area contributed by atoms with Crippen LogP contribution in [0, 0.1) is 5.92 Å². The molecule has 0 heterocycles. The van der Waals surface area contributed by atoms with Crippen molar-refractivity contribution in [3.05, 3.63) is 0 Å². The smallest absolute Gasteiger partial charge is 0.331 e. The van der Waals surface area contributed by atoms with Gasteiger partial charge in [0.2, 0.25) is 5.67 Å². The molecule has 0 aromatic heterocycles. The predicted octanol–water partition coefficient (Wildman–Crippen LogP) is 5.16. The Hall–Kier alpha value is -0.720. The Morgan fingerprint density at radius 3 is 1.73 bits per heavy atom. The van der Waals surface area contributed by atoms with Crippen LogP contribution in [0.3, 0.4) is 0 Å². The van der Waals surface area contributed by atoms with Crippen molar-refractivity contribution < 1.29 is 52.4 Å². The molecule has 0 aliphatic carbocycles. The van der Waals surface area contributed by atoms with Crippen LogP contribution in [0.2, 0.25) is 0 Å². The molecule has 0 aromatic rings. The second-order valence-electron chi connectivity index (χ2n) is 8.83. The van der Waals surface area contributed by atoms with Gasteiger partial charge in [-0.25, -0.2) is 21.6 Å². The second kappa shape index (κ2) is 9.83. The van der Waals surface area contributed by atoms with Crippen LogP contribution >= 0.6 is 0 Å². The maximum atomic E-state index is 13.8. The van der Waals surface area contributed by atoms with E-state index in [0.717, 1.165) is 0 Å². The van der Waals surface area contributed by atoms with Gasteiger partial charge in [-0.3, -0.25) is 0 Å². The summed E-state index contributed by atoms with van der Waals surface area (Å²) in [6.07, 6.45) is -16.1. The van der Waals surface area contributed by atoms with Gasteiger partial charge in [-0.05, 0) is 26.2 Å². The molecule has 0 saturated heterocycles. The highest BCUT2D eigenvalue weighted by molar-refractivity contribution is 7.91. The van der Waals surface area contributed by atoms with Gasteiger partial charge in [0.1, 0.15) is 9.84 Å². The van der Waals surface area contributed by atoms with Crippen LogP contribution in [0.25, 0.3) is 0 Å². The molecule has 0 rings (SSSR count). The fourth-order valence-corrected chi connectivity index (χ4v) is 4.22. The van der Waals surface area contributed by atoms with Gasteiger partial charge in [0, 0.05) is 6.42 Å². The molecule has 3 nitrogen and oxygen atoms in total. The molecule has 0 aliphatic heterocycles. The number of quaternary nitrogens is 1. The minimum Gasteiger partial charge on any atom is -0.331 e. The standard InChI is InChI=1S/C17H29F9NO2S/c1-14(18,17(24,25)26)12-15(19,20)11-13(16(21,22)23)7-10-30(28,29)9-6-5-8-27(2,3)4/h13H,5-12H2,1-4H3/q+1. The van der Waals surface area contributed by atoms with Crippen molar-refractivity contribution in [2.24, 2.45) is 5.92 Å². The Balaban J connectivity index is 5.03. The van der Waals surface area contributed by atoms with Gasteiger partial charge >= 0.3 is 12.4 Å². The third-order valence-corrected chi connectivity index (χ3v) is 6.27. The summed E-state index contributed by atoms with van der Waals surface area (Å²) < 4.78 is 142. The zero-order valence-corrected chi connectivity index (χ0v) is 18.1. The normalized spacial score (nSPS) is 17.6. The third-order valence-electron chi connectivity index (χ3n) is 4.50. The quantitative estimate of drug-likeness (QED) is 0.219. The minimum absolute atomic E-state index is 0.176. The number of alkyl halides is 9. The molecule has 0 amide bonds. The molecule has 0 bridgehead atoms. The van der Waals surface area contributed by atoms with E-state index in [-0.39, 0.29) is 13.3 Å². The fourth-order valence-electron chi connectivity index (χ4n) is 2.73. The second-order valence-corrected chi connectivity index (χ2v) is 11.1. The van der Waals surface area contributed by atoms with E-state index in [9.17, 15) is 47.9 Å². The monoisotopic (exact) mass is 482 g/mol. The number of nitrogens with zero attached hydrogens (tertiary/aromatic N) is 1. The van der Waals surface area contributed by atoms with E-state index in [4.69, 9.17) is 0 Å². The van der Waals surface area contributed by atoms with Crippen LogP contribution in [-0.4, -0.2) is 76.0 Å². The average molecular weight is 482 g/mol. The first-order valence-corrected chi connectivity index (χ1v) is 11.0. The van der Waals surface area contributed by atoms with Crippen molar-refractivity contribution >= 4 is 9.84 Å². The van der Waals surface area contributed by atoms with E-state index >= 15 is 0 Å². The lowest BCUT2D eigenvalue weighted by Gasteiger charge is -2.31. The first-order valence-electron chi connectivity index (χ1n) is 9.19. The van der Waals surface area contributed by atoms with Crippen LogP contribution in [0.1, 0.15) is 39.0 Å². The zero-order valence-electron chi connectivity index (χ0n) is 17.3. The topological polar surface area (TPSA) is 34.1 Å². The van der Waals surface area contributed by atoms with Crippen LogP contribution in [0.5, 0.6) is 0 Å². The molecular formula is C17H29F9NO2S+. The van der Waals surface area contributed by atoms with E-state index in [1.807, 2.05) is 21.1 Å². The van der Waals surface area contributed by atoms with Crippen LogP contribution in [0.15, 0.2) is 0 Å². The Labute approximate surface area is 171 Å². The number of sulfone groups is 1. The minimum atomic E-state index is -5.68. The summed E-state index contributed by atoms with van der Waals surface area (Å²) in [4.78, 5) is 0. The van der Waals surface area contributed by atoms with Crippen LogP contribution in [-0.2, 0) is 9.84 Å². The largest absolute Gasteiger partial charge is 0.422 e. The number of unbranched alkanes of at least 4 members (excludes halogenated alkanes) is 1. The summed E-state index contributed by atoms with van der Waals surface area (Å²) in [5.74, 6) is -8.97. The maximum Gasteiger partial charge on any atom is 0.422 e. The highest BCUT2D eigenvalue weighted by Crippen LogP contribution is 2.45. The third kappa shape index (κ3) is 11.6. The van der Waals surface area contributed by atoms with Crippen molar-refractivity contribution in [2.45, 2.75) is 63.0 Å². The molecule has 30 heavy (non-hydrogen) atoms. The molecule has 0 radical (unpaired) electrons. The van der Waals surface area contributed by atoms with Gasteiger partial charge in [-0.1, -0.05) is 0 Å². The molecule has 0 saturated carbocycles. The van der Waals surface area contributed by atoms with Crippen LogP contribution < -0.4 is 0 Å². The van der Waals surface area contributed by atoms with Crippen molar-refractivity contribution in [1.29, 1.82) is 0 Å². The number of rotatable bonds is 12. The average Bonchev–Trinajstić information content (AvgIpc) is 2.43. The zero-order chi connectivity index (χ0) is 24.2. The molecule has 0 spiro atoms. The SMILES string of the molecule is CC(F)(CC(F)(F)CC(CCS(=O)(=O)CCCC[N+](C)(C)C)C(F)(F)F)C(F)(F)F. The summed E-state index contributed by atoms with van der Waals surface area (Å²) in [5, 5.41) is 0. The lowest BCUT2D eigenvalue weighted by atomic mass is 9.90. The summed E-state index contributed by atoms with van der Waals surface area (Å²) in [7, 11) is 1.62. The highest BCUT2D eigenvalue weighted by atomic mass is 32.2. The van der Waals surface area contributed by atoms with E-state index in [1.165, 1.54) is 0 Å². The van der Waals surface area contributed by atoms with Crippen molar-refractivity contribution in [1.82, 2.24) is 0 Å². The Morgan fingerprint density at radius 2 is 1.33 bits per heavy atom. The first-order chi connectivity index (χ1) is 13.0. The Morgan fingerprint density at radius 1 is 0.833 bits per heavy atom. The lowest BCUT2D eigenvalue weighted by Crippen LogP contribution is -2.44. The summed E-state index contributed by atoms with van der Waals surface area (Å²) in [6, 6.07) is 0. The highest BCUT2D eigenvalue weighted by Gasteiger charge is 2.58. The molecule has 0 N–H and O–H groups in total. The van der Waals surface area contributed by atoms with Crippen molar-refractivity contribution in [2.75, 3.05) is 39.2 Å². The van der Waals surface area contributed by atoms with E-state index in [0.29, 0.717) is 17.4 Å². The summed E-state index contributed by atoms with van der Waals surface area (Å²) in [5.41, 5.74) is -4.38. The van der Waals surface area contributed by atoms with E-state index in [1.54, 1.807) is 0 Å². The maximum absolute atomic E-state index is 13.8. The predicted molar refractivity (Wildman–Crippen MR) is 94.7 cm³/mol. The van der Waals surface area contributed by atoms with Gasteiger partial charge in [0.15, 0.2) is 0 Å². The molecule has 2 atom stereocenters. The molecule has 182 valence electrons. The molecule has 13 heteroatoms. The Kier molecular flexibility index (Phi) is 9.59. The molecular weight excluding hydrogens is 453 g/mol. The first kappa shape index (κ1) is 29.3. The van der Waals surface area contributed by atoms with Crippen molar-refractivity contribution in [3.8, 4) is 0 Å². The summed E-state index contributed by atoms with van der Waals surface area (Å²) >= 11 is 0. The molecule has 0 aromatic carbocycles. The van der Waals surface area contributed by atoms with Gasteiger partial charge in [0.05, 0.1) is 51.5 Å². The van der Waals surface area contributed by atoms with Crippen molar-refractivity contribution in [3.63, 3.8) is 0 Å². The van der Waals surface area contributed by atoms with Gasteiger partial charge in [0.25, 0.3) is 5.92 Å². The summed E-state index contributed by atoms with van der Waals surface area (Å²) in [6.45, 7) is 0.443. The molecule has 2 unspecified atom stereocenters. The van der Waals surface area contributed by atoms with E-state index < -0.39 is 70.5 Å². The molecule has 0 fully saturated rings. The van der Waals surface area contributed by atoms with Gasteiger partial charge in [-0.15, -0.1) is 0 Å². The Bertz CT molecular complexity index is 635. The van der Waals surface area contributed by atoms with Crippen LogP contribution in [0.4, 0.5) is 39.5 Å².